The third-order valence-corrected chi connectivity index (χ3v) is 1.73. The van der Waals surface area contributed by atoms with Crippen molar-refractivity contribution in [3.05, 3.63) is 46.1 Å². The van der Waals surface area contributed by atoms with E-state index in [-0.39, 0.29) is 12.2 Å². The molecule has 0 saturated carbocycles. The van der Waals surface area contributed by atoms with E-state index in [1.54, 1.807) is 6.07 Å². The predicted molar refractivity (Wildman–Crippen MR) is 55.7 cm³/mol. The van der Waals surface area contributed by atoms with E-state index in [4.69, 9.17) is 5.11 Å². The lowest BCUT2D eigenvalue weighted by Crippen LogP contribution is -1.94. The van der Waals surface area contributed by atoms with Gasteiger partial charge in [-0.05, 0) is 6.07 Å². The maximum absolute atomic E-state index is 11.1. The molecule has 1 rings (SSSR count). The van der Waals surface area contributed by atoms with Crippen LogP contribution in [0.15, 0.2) is 35.1 Å². The fraction of sp³-hybridized carbons (Fsp3) is 0.0909. The zero-order valence-electron chi connectivity index (χ0n) is 7.88. The van der Waals surface area contributed by atoms with Gasteiger partial charge in [0.1, 0.15) is 0 Å². The first-order valence-corrected chi connectivity index (χ1v) is 4.32. The van der Waals surface area contributed by atoms with Crippen molar-refractivity contribution < 1.29 is 15.0 Å². The van der Waals surface area contributed by atoms with Crippen molar-refractivity contribution >= 4 is 12.0 Å². The zero-order chi connectivity index (χ0) is 11.3. The Morgan fingerprint density at radius 1 is 1.33 bits per heavy atom. The van der Waals surface area contributed by atoms with Gasteiger partial charge >= 0.3 is 5.97 Å². The van der Waals surface area contributed by atoms with Gasteiger partial charge in [0.2, 0.25) is 5.43 Å². The molecule has 4 nitrogen and oxygen atoms in total. The number of carboxylic acid groups (broad SMARTS) is 1. The van der Waals surface area contributed by atoms with E-state index < -0.39 is 11.4 Å². The summed E-state index contributed by atoms with van der Waals surface area (Å²) in [6, 6.07) is 5.89. The van der Waals surface area contributed by atoms with Crippen LogP contribution >= 0.6 is 0 Å². The molecule has 4 heteroatoms. The lowest BCUT2D eigenvalue weighted by atomic mass is 10.2. The number of carbonyl (C=O) groups is 1. The van der Waals surface area contributed by atoms with E-state index in [1.165, 1.54) is 30.4 Å². The Morgan fingerprint density at radius 3 is 2.67 bits per heavy atom. The highest BCUT2D eigenvalue weighted by atomic mass is 16.4. The van der Waals surface area contributed by atoms with Gasteiger partial charge in [0, 0.05) is 5.56 Å². The first-order valence-electron chi connectivity index (χ1n) is 4.32. The highest BCUT2D eigenvalue weighted by Crippen LogP contribution is 2.11. The molecule has 0 radical (unpaired) electrons. The topological polar surface area (TPSA) is 74.6 Å². The average Bonchev–Trinajstić information content (AvgIpc) is 2.32. The second-order valence-electron chi connectivity index (χ2n) is 2.89. The van der Waals surface area contributed by atoms with Crippen molar-refractivity contribution in [2.75, 3.05) is 0 Å². The van der Waals surface area contributed by atoms with Crippen LogP contribution < -0.4 is 5.43 Å². The van der Waals surface area contributed by atoms with E-state index in [1.807, 2.05) is 0 Å². The normalized spacial score (nSPS) is 10.4. The molecule has 0 fully saturated rings. The van der Waals surface area contributed by atoms with E-state index >= 15 is 0 Å². The van der Waals surface area contributed by atoms with Crippen LogP contribution in [0, 0.1) is 0 Å². The van der Waals surface area contributed by atoms with Gasteiger partial charge in [-0.1, -0.05) is 30.4 Å². The maximum atomic E-state index is 11.1. The first-order chi connectivity index (χ1) is 7.11. The molecule has 0 spiro atoms. The van der Waals surface area contributed by atoms with Crippen molar-refractivity contribution in [2.45, 2.75) is 6.42 Å². The van der Waals surface area contributed by atoms with Gasteiger partial charge in [0.15, 0.2) is 5.75 Å². The van der Waals surface area contributed by atoms with E-state index in [9.17, 15) is 14.7 Å². The van der Waals surface area contributed by atoms with Crippen molar-refractivity contribution in [2.24, 2.45) is 0 Å². The van der Waals surface area contributed by atoms with Crippen LogP contribution in [0.25, 0.3) is 6.08 Å². The summed E-state index contributed by atoms with van der Waals surface area (Å²) in [5.41, 5.74) is -0.179. The smallest absolute Gasteiger partial charge is 0.307 e. The Balaban J connectivity index is 3.01. The Morgan fingerprint density at radius 2 is 2.00 bits per heavy atom. The van der Waals surface area contributed by atoms with Crippen molar-refractivity contribution in [3.63, 3.8) is 0 Å². The molecule has 0 amide bonds. The van der Waals surface area contributed by atoms with Gasteiger partial charge in [0.25, 0.3) is 0 Å². The minimum absolute atomic E-state index is 0.147. The number of carboxylic acids is 1. The molecular weight excluding hydrogens is 196 g/mol. The number of hydrogen-bond donors (Lipinski definition) is 2. The SMILES string of the molecule is O=C(O)CC=Cc1ccccc(=O)c1O. The van der Waals surface area contributed by atoms with Crippen molar-refractivity contribution in [1.29, 1.82) is 0 Å². The summed E-state index contributed by atoms with van der Waals surface area (Å²) < 4.78 is 0. The number of aromatic hydroxyl groups is 1. The molecule has 0 unspecified atom stereocenters. The molecule has 1 aromatic carbocycles. The average molecular weight is 206 g/mol. The maximum Gasteiger partial charge on any atom is 0.307 e. The summed E-state index contributed by atoms with van der Waals surface area (Å²) in [5.74, 6) is -1.34. The van der Waals surface area contributed by atoms with Crippen LogP contribution in [0.3, 0.4) is 0 Å². The van der Waals surface area contributed by atoms with Crippen LogP contribution in [-0.4, -0.2) is 16.2 Å². The summed E-state index contributed by atoms with van der Waals surface area (Å²) in [5, 5.41) is 17.8. The summed E-state index contributed by atoms with van der Waals surface area (Å²) in [6.45, 7) is 0. The molecule has 0 aliphatic heterocycles. The Bertz CT molecular complexity index is 449. The van der Waals surface area contributed by atoms with Crippen LogP contribution in [-0.2, 0) is 4.79 Å². The lowest BCUT2D eigenvalue weighted by Gasteiger charge is -1.91. The first kappa shape index (κ1) is 11.0. The second-order valence-corrected chi connectivity index (χ2v) is 2.89. The van der Waals surface area contributed by atoms with Gasteiger partial charge in [-0.3, -0.25) is 9.59 Å². The fourth-order valence-electron chi connectivity index (χ4n) is 1.02. The van der Waals surface area contributed by atoms with Gasteiger partial charge in [-0.25, -0.2) is 0 Å². The third kappa shape index (κ3) is 3.27. The largest absolute Gasteiger partial charge is 0.504 e. The fourth-order valence-corrected chi connectivity index (χ4v) is 1.02. The van der Waals surface area contributed by atoms with Crippen molar-refractivity contribution in [1.82, 2.24) is 0 Å². The third-order valence-electron chi connectivity index (χ3n) is 1.73. The molecule has 15 heavy (non-hydrogen) atoms. The number of hydrogen-bond acceptors (Lipinski definition) is 3. The molecule has 0 saturated heterocycles. The Hall–Kier alpha value is -2.10. The molecule has 2 N–H and O–H groups in total. The molecule has 0 aromatic heterocycles. The minimum atomic E-state index is -0.964. The van der Waals surface area contributed by atoms with Gasteiger partial charge in [-0.2, -0.15) is 0 Å². The van der Waals surface area contributed by atoms with Crippen LogP contribution in [0.4, 0.5) is 0 Å². The monoisotopic (exact) mass is 206 g/mol. The van der Waals surface area contributed by atoms with Crippen LogP contribution in [0.5, 0.6) is 5.75 Å². The highest BCUT2D eigenvalue weighted by molar-refractivity contribution is 5.70. The molecule has 0 bridgehead atoms. The summed E-state index contributed by atoms with van der Waals surface area (Å²) >= 11 is 0. The summed E-state index contributed by atoms with van der Waals surface area (Å²) in [4.78, 5) is 21.4. The Labute approximate surface area is 86.1 Å². The van der Waals surface area contributed by atoms with Gasteiger partial charge in [0.05, 0.1) is 6.42 Å². The number of aliphatic carboxylic acids is 1. The van der Waals surface area contributed by atoms with Crippen LogP contribution in [0.2, 0.25) is 0 Å². The van der Waals surface area contributed by atoms with E-state index in [0.29, 0.717) is 5.56 Å². The molecule has 1 aromatic rings. The van der Waals surface area contributed by atoms with E-state index in [0.717, 1.165) is 0 Å². The Kier molecular flexibility index (Phi) is 3.62. The lowest BCUT2D eigenvalue weighted by molar-refractivity contribution is -0.135. The second kappa shape index (κ2) is 4.95. The molecule has 0 aliphatic rings. The molecule has 0 aliphatic carbocycles. The molecular formula is C11H10O4. The van der Waals surface area contributed by atoms with Crippen LogP contribution in [0.1, 0.15) is 12.0 Å². The van der Waals surface area contributed by atoms with E-state index in [2.05, 4.69) is 0 Å². The molecule has 78 valence electrons. The standard InChI is InChI=1S/C11H10O4/c12-9-6-2-1-4-8(11(9)15)5-3-7-10(13)14/h1-6H,7H2,(H,12,15)(H,13,14). The number of rotatable bonds is 3. The quantitative estimate of drug-likeness (QED) is 0.780. The van der Waals surface area contributed by atoms with Gasteiger partial charge in [-0.15, -0.1) is 0 Å². The predicted octanol–water partition coefficient (Wildman–Crippen LogP) is 1.24. The summed E-state index contributed by atoms with van der Waals surface area (Å²) in [6.07, 6.45) is 2.63. The highest BCUT2D eigenvalue weighted by Gasteiger charge is 1.99. The van der Waals surface area contributed by atoms with Gasteiger partial charge < -0.3 is 10.2 Å². The minimum Gasteiger partial charge on any atom is -0.504 e. The molecule has 0 atom stereocenters. The zero-order valence-corrected chi connectivity index (χ0v) is 7.88. The van der Waals surface area contributed by atoms with Crippen molar-refractivity contribution in [3.8, 4) is 5.75 Å². The molecule has 0 heterocycles. The summed E-state index contributed by atoms with van der Waals surface area (Å²) in [7, 11) is 0.